The van der Waals surface area contributed by atoms with Crippen LogP contribution in [0.5, 0.6) is 17.2 Å². The van der Waals surface area contributed by atoms with Gasteiger partial charge in [0.05, 0.1) is 24.3 Å². The molecule has 196 valence electrons. The number of allylic oxidation sites excluding steroid dienone is 2. The van der Waals surface area contributed by atoms with Gasteiger partial charge in [-0.2, -0.15) is 0 Å². The molecule has 1 aliphatic carbocycles. The summed E-state index contributed by atoms with van der Waals surface area (Å²) in [7, 11) is 1.62. The first kappa shape index (κ1) is 26.8. The molecule has 0 spiro atoms. The number of methoxy groups -OCH3 is 1. The highest BCUT2D eigenvalue weighted by molar-refractivity contribution is 9.10. The topological polar surface area (TPSA) is 94.1 Å². The number of ether oxygens (including phenoxy) is 3. The number of halogens is 1. The largest absolute Gasteiger partial charge is 0.503 e. The summed E-state index contributed by atoms with van der Waals surface area (Å²) in [5.74, 6) is -1.01. The van der Waals surface area contributed by atoms with Gasteiger partial charge in [-0.1, -0.05) is 18.7 Å². The molecule has 0 bridgehead atoms. The number of esters is 1. The predicted octanol–water partition coefficient (Wildman–Crippen LogP) is 5.73. The first-order chi connectivity index (χ1) is 17.6. The van der Waals surface area contributed by atoms with Crippen LogP contribution >= 0.6 is 15.9 Å². The zero-order valence-electron chi connectivity index (χ0n) is 21.5. The van der Waals surface area contributed by atoms with Gasteiger partial charge in [0.1, 0.15) is 11.7 Å². The minimum absolute atomic E-state index is 0.0252. The molecule has 7 nitrogen and oxygen atoms in total. The SMILES string of the molecule is C=C1NC2=C(C(=O)CC(c3ccc(OC)cc3)C2)C(c2cc(Br)c(O)c(OCC)c2)C1C(=O)OC(C)C. The van der Waals surface area contributed by atoms with Crippen LogP contribution in [0.15, 0.2) is 64.4 Å². The van der Waals surface area contributed by atoms with Crippen molar-refractivity contribution in [3.05, 3.63) is 75.5 Å². The van der Waals surface area contributed by atoms with Crippen LogP contribution in [0.3, 0.4) is 0 Å². The van der Waals surface area contributed by atoms with E-state index in [-0.39, 0.29) is 29.3 Å². The number of rotatable bonds is 7. The molecule has 8 heteroatoms. The van der Waals surface area contributed by atoms with Gasteiger partial charge in [0, 0.05) is 29.3 Å². The Bertz CT molecular complexity index is 1250. The third-order valence-corrected chi connectivity index (χ3v) is 7.35. The summed E-state index contributed by atoms with van der Waals surface area (Å²) in [6.45, 7) is 9.90. The number of ketones is 1. The van der Waals surface area contributed by atoms with E-state index in [1.165, 1.54) is 0 Å². The molecule has 0 amide bonds. The van der Waals surface area contributed by atoms with E-state index in [9.17, 15) is 14.7 Å². The normalized spacial score (nSPS) is 21.4. The Morgan fingerprint density at radius 1 is 1.19 bits per heavy atom. The van der Waals surface area contributed by atoms with Crippen LogP contribution in [-0.2, 0) is 14.3 Å². The monoisotopic (exact) mass is 569 g/mol. The van der Waals surface area contributed by atoms with Gasteiger partial charge in [-0.25, -0.2) is 0 Å². The van der Waals surface area contributed by atoms with Crippen molar-refractivity contribution in [1.82, 2.24) is 5.32 Å². The van der Waals surface area contributed by atoms with Crippen molar-refractivity contribution in [2.45, 2.75) is 51.6 Å². The molecular weight excluding hydrogens is 538 g/mol. The molecular formula is C29H32BrNO6. The summed E-state index contributed by atoms with van der Waals surface area (Å²) >= 11 is 3.41. The van der Waals surface area contributed by atoms with E-state index < -0.39 is 17.8 Å². The van der Waals surface area contributed by atoms with Gasteiger partial charge in [-0.05, 0) is 84.4 Å². The van der Waals surface area contributed by atoms with Crippen molar-refractivity contribution in [2.24, 2.45) is 5.92 Å². The van der Waals surface area contributed by atoms with Gasteiger partial charge < -0.3 is 24.6 Å². The Kier molecular flexibility index (Phi) is 7.97. The van der Waals surface area contributed by atoms with Gasteiger partial charge in [0.15, 0.2) is 17.3 Å². The lowest BCUT2D eigenvalue weighted by atomic mass is 9.69. The fourth-order valence-electron chi connectivity index (χ4n) is 5.14. The zero-order chi connectivity index (χ0) is 26.9. The van der Waals surface area contributed by atoms with Crippen LogP contribution < -0.4 is 14.8 Å². The van der Waals surface area contributed by atoms with Crippen molar-refractivity contribution < 1.29 is 28.9 Å². The number of carbonyl (C=O) groups is 2. The number of nitrogens with one attached hydrogen (secondary N) is 1. The first-order valence-corrected chi connectivity index (χ1v) is 13.2. The molecule has 3 atom stereocenters. The molecule has 2 N–H and O–H groups in total. The average molecular weight is 570 g/mol. The minimum atomic E-state index is -0.825. The molecule has 0 radical (unpaired) electrons. The first-order valence-electron chi connectivity index (χ1n) is 12.4. The molecule has 0 saturated heterocycles. The van der Waals surface area contributed by atoms with Gasteiger partial charge >= 0.3 is 5.97 Å². The molecule has 2 aromatic rings. The third kappa shape index (κ3) is 5.39. The molecule has 0 fully saturated rings. The van der Waals surface area contributed by atoms with Crippen LogP contribution in [0.2, 0.25) is 0 Å². The summed E-state index contributed by atoms with van der Waals surface area (Å²) in [5, 5.41) is 13.8. The van der Waals surface area contributed by atoms with Gasteiger partial charge in [-0.3, -0.25) is 9.59 Å². The maximum absolute atomic E-state index is 13.8. The average Bonchev–Trinajstić information content (AvgIpc) is 2.85. The molecule has 37 heavy (non-hydrogen) atoms. The molecule has 4 rings (SSSR count). The molecule has 1 heterocycles. The lowest BCUT2D eigenvalue weighted by Gasteiger charge is -2.40. The molecule has 0 saturated carbocycles. The number of hydrogen-bond acceptors (Lipinski definition) is 7. The summed E-state index contributed by atoms with van der Waals surface area (Å²) in [4.78, 5) is 27.1. The Morgan fingerprint density at radius 3 is 2.51 bits per heavy atom. The number of carbonyl (C=O) groups excluding carboxylic acids is 2. The number of phenols is 1. The smallest absolute Gasteiger partial charge is 0.316 e. The second-order valence-electron chi connectivity index (χ2n) is 9.57. The van der Waals surface area contributed by atoms with Crippen molar-refractivity contribution >= 4 is 27.7 Å². The molecule has 1 aliphatic heterocycles. The van der Waals surface area contributed by atoms with E-state index in [0.717, 1.165) is 17.0 Å². The van der Waals surface area contributed by atoms with E-state index in [1.54, 1.807) is 33.1 Å². The summed E-state index contributed by atoms with van der Waals surface area (Å²) in [6, 6.07) is 11.2. The standard InChI is InChI=1S/C29H32BrNO6/c1-6-36-24-14-19(11-21(30)28(24)33)26-25(29(34)37-15(2)3)16(4)31-22-12-18(13-23(32)27(22)26)17-7-9-20(35-5)10-8-17/h7-11,14-15,18,25-26,31,33H,4,6,12-13H2,1-3,5H3. The van der Waals surface area contributed by atoms with E-state index in [4.69, 9.17) is 14.2 Å². The third-order valence-electron chi connectivity index (χ3n) is 6.74. The van der Waals surface area contributed by atoms with Crippen molar-refractivity contribution in [2.75, 3.05) is 13.7 Å². The Balaban J connectivity index is 1.82. The van der Waals surface area contributed by atoms with Crippen molar-refractivity contribution in [1.29, 1.82) is 0 Å². The van der Waals surface area contributed by atoms with Gasteiger partial charge in [0.2, 0.25) is 0 Å². The number of aromatic hydroxyl groups is 1. The van der Waals surface area contributed by atoms with Crippen molar-refractivity contribution in [3.63, 3.8) is 0 Å². The molecule has 0 aromatic heterocycles. The lowest BCUT2D eigenvalue weighted by Crippen LogP contribution is -2.42. The maximum Gasteiger partial charge on any atom is 0.316 e. The Labute approximate surface area is 225 Å². The number of phenolic OH excluding ortho intramolecular Hbond substituents is 1. The summed E-state index contributed by atoms with van der Waals surface area (Å²) in [5.41, 5.74) is 3.47. The van der Waals surface area contributed by atoms with Crippen LogP contribution in [0.1, 0.15) is 56.6 Å². The van der Waals surface area contributed by atoms with E-state index >= 15 is 0 Å². The lowest BCUT2D eigenvalue weighted by molar-refractivity contribution is -0.151. The molecule has 2 aromatic carbocycles. The second kappa shape index (κ2) is 11.0. The summed E-state index contributed by atoms with van der Waals surface area (Å²) < 4.78 is 16.9. The van der Waals surface area contributed by atoms with E-state index in [0.29, 0.717) is 40.8 Å². The Hall–Kier alpha value is -3.26. The zero-order valence-corrected chi connectivity index (χ0v) is 23.1. The fourth-order valence-corrected chi connectivity index (χ4v) is 5.60. The van der Waals surface area contributed by atoms with Gasteiger partial charge in [0.25, 0.3) is 0 Å². The second-order valence-corrected chi connectivity index (χ2v) is 10.4. The number of Topliss-reactive ketones (excluding diaryl/α,β-unsaturated/α-hetero) is 1. The fraction of sp³-hybridized carbons (Fsp3) is 0.379. The number of hydrogen-bond donors (Lipinski definition) is 2. The van der Waals surface area contributed by atoms with Crippen molar-refractivity contribution in [3.8, 4) is 17.2 Å². The quantitative estimate of drug-likeness (QED) is 0.411. The summed E-state index contributed by atoms with van der Waals surface area (Å²) in [6.07, 6.45) is 0.564. The number of benzene rings is 2. The van der Waals surface area contributed by atoms with E-state index in [1.807, 2.05) is 31.2 Å². The minimum Gasteiger partial charge on any atom is -0.503 e. The van der Waals surface area contributed by atoms with Crippen LogP contribution in [0, 0.1) is 5.92 Å². The highest BCUT2D eigenvalue weighted by Gasteiger charge is 2.46. The predicted molar refractivity (Wildman–Crippen MR) is 144 cm³/mol. The molecule has 3 unspecified atom stereocenters. The highest BCUT2D eigenvalue weighted by Crippen LogP contribution is 2.49. The maximum atomic E-state index is 13.8. The van der Waals surface area contributed by atoms with Crippen LogP contribution in [0.25, 0.3) is 0 Å². The Morgan fingerprint density at radius 2 is 1.89 bits per heavy atom. The highest BCUT2D eigenvalue weighted by atomic mass is 79.9. The van der Waals surface area contributed by atoms with E-state index in [2.05, 4.69) is 27.8 Å². The van der Waals surface area contributed by atoms with Crippen LogP contribution in [-0.4, -0.2) is 36.7 Å². The van der Waals surface area contributed by atoms with Gasteiger partial charge in [-0.15, -0.1) is 0 Å². The van der Waals surface area contributed by atoms with Crippen LogP contribution in [0.4, 0.5) is 0 Å². The molecule has 2 aliphatic rings.